The number of alkyl halides is 3. The molecule has 2 N–H and O–H groups in total. The van der Waals surface area contributed by atoms with Crippen molar-refractivity contribution in [3.8, 4) is 0 Å². The molecule has 2 aromatic carbocycles. The first kappa shape index (κ1) is 21.0. The highest BCUT2D eigenvalue weighted by Gasteiger charge is 2.33. The van der Waals surface area contributed by atoms with Gasteiger partial charge in [-0.05, 0) is 24.1 Å². The highest BCUT2D eigenvalue weighted by atomic mass is 32.1. The largest absolute Gasteiger partial charge is 0.416 e. The monoisotopic (exact) mass is 438 g/mol. The molecule has 0 fully saturated rings. The first-order valence-corrected chi connectivity index (χ1v) is 8.77. The third-order valence-electron chi connectivity index (χ3n) is 4.21. The van der Waals surface area contributed by atoms with Crippen LogP contribution in [-0.4, -0.2) is 4.98 Å². The van der Waals surface area contributed by atoms with Crippen molar-refractivity contribution >= 4 is 16.5 Å². The number of halogens is 8. The molecule has 0 spiro atoms. The molecule has 1 heterocycles. The average Bonchev–Trinajstić information content (AvgIpc) is 3.10. The number of benzene rings is 2. The Bertz CT molecular complexity index is 1010. The normalized spacial score (nSPS) is 13.0. The van der Waals surface area contributed by atoms with E-state index in [1.165, 1.54) is 5.38 Å². The number of thiazole rings is 1. The summed E-state index contributed by atoms with van der Waals surface area (Å²) in [4.78, 5) is 3.85. The molecule has 11 heteroatoms. The van der Waals surface area contributed by atoms with E-state index < -0.39 is 52.3 Å². The summed E-state index contributed by atoms with van der Waals surface area (Å²) in [6.07, 6.45) is -4.97. The van der Waals surface area contributed by atoms with Gasteiger partial charge >= 0.3 is 6.18 Å². The molecule has 1 aromatic heterocycles. The van der Waals surface area contributed by atoms with Gasteiger partial charge in [-0.25, -0.2) is 26.9 Å². The Morgan fingerprint density at radius 1 is 0.862 bits per heavy atom. The van der Waals surface area contributed by atoms with Crippen molar-refractivity contribution in [3.05, 3.63) is 81.1 Å². The number of hydrogen-bond acceptors (Lipinski definition) is 3. The minimum atomic E-state index is -4.59. The maximum Gasteiger partial charge on any atom is 0.416 e. The Morgan fingerprint density at radius 2 is 1.38 bits per heavy atom. The van der Waals surface area contributed by atoms with Gasteiger partial charge in [0.25, 0.3) is 0 Å². The first-order chi connectivity index (χ1) is 13.5. The lowest BCUT2D eigenvalue weighted by Gasteiger charge is -2.18. The summed E-state index contributed by atoms with van der Waals surface area (Å²) in [5, 5.41) is 1.27. The third-order valence-corrected chi connectivity index (χ3v) is 4.90. The van der Waals surface area contributed by atoms with Gasteiger partial charge in [0.15, 0.2) is 28.4 Å². The van der Waals surface area contributed by atoms with E-state index >= 15 is 0 Å². The zero-order valence-electron chi connectivity index (χ0n) is 14.1. The van der Waals surface area contributed by atoms with Gasteiger partial charge < -0.3 is 5.73 Å². The number of nitrogens with two attached hydrogens (primary N) is 1. The molecule has 0 saturated carbocycles. The predicted molar refractivity (Wildman–Crippen MR) is 89.7 cm³/mol. The molecule has 3 rings (SSSR count). The second-order valence-corrected chi connectivity index (χ2v) is 6.94. The van der Waals surface area contributed by atoms with Gasteiger partial charge in [-0.2, -0.15) is 13.2 Å². The van der Waals surface area contributed by atoms with Gasteiger partial charge in [0.1, 0.15) is 0 Å². The van der Waals surface area contributed by atoms with Gasteiger partial charge in [-0.1, -0.05) is 12.1 Å². The van der Waals surface area contributed by atoms with Crippen molar-refractivity contribution in [3.63, 3.8) is 0 Å². The van der Waals surface area contributed by atoms with Crippen LogP contribution >= 0.6 is 11.3 Å². The Hall–Kier alpha value is -2.69. The molecule has 154 valence electrons. The number of rotatable bonds is 4. The highest BCUT2D eigenvalue weighted by Crippen LogP contribution is 2.37. The quantitative estimate of drug-likeness (QED) is 0.317. The van der Waals surface area contributed by atoms with Crippen molar-refractivity contribution in [1.82, 2.24) is 4.98 Å². The second-order valence-electron chi connectivity index (χ2n) is 6.05. The molecule has 29 heavy (non-hydrogen) atoms. The van der Waals surface area contributed by atoms with E-state index in [-0.39, 0.29) is 22.8 Å². The zero-order valence-corrected chi connectivity index (χ0v) is 14.9. The van der Waals surface area contributed by atoms with Crippen molar-refractivity contribution in [2.75, 3.05) is 5.73 Å². The molecular formula is C18H10F8N2S. The molecule has 1 unspecified atom stereocenters. The third kappa shape index (κ3) is 4.04. The molecule has 0 aliphatic carbocycles. The van der Waals surface area contributed by atoms with E-state index in [0.29, 0.717) is 0 Å². The fourth-order valence-corrected chi connectivity index (χ4v) is 3.43. The van der Waals surface area contributed by atoms with Gasteiger partial charge in [0.2, 0.25) is 5.82 Å². The molecule has 3 aromatic rings. The van der Waals surface area contributed by atoms with Gasteiger partial charge in [0.05, 0.1) is 11.3 Å². The van der Waals surface area contributed by atoms with Crippen molar-refractivity contribution in [2.24, 2.45) is 0 Å². The summed E-state index contributed by atoms with van der Waals surface area (Å²) in [6.45, 7) is 0. The summed E-state index contributed by atoms with van der Waals surface area (Å²) in [5.74, 6) is -12.1. The second kappa shape index (κ2) is 7.62. The fraction of sp³-hybridized carbons (Fsp3) is 0.167. The number of anilines is 1. The lowest BCUT2D eigenvalue weighted by molar-refractivity contribution is -0.137. The van der Waals surface area contributed by atoms with Crippen LogP contribution in [0.3, 0.4) is 0 Å². The highest BCUT2D eigenvalue weighted by molar-refractivity contribution is 7.13. The van der Waals surface area contributed by atoms with Crippen LogP contribution < -0.4 is 5.73 Å². The fourth-order valence-electron chi connectivity index (χ4n) is 2.81. The Balaban J connectivity index is 2.11. The van der Waals surface area contributed by atoms with Crippen LogP contribution in [0.15, 0.2) is 29.6 Å². The van der Waals surface area contributed by atoms with Crippen LogP contribution in [0.1, 0.15) is 28.3 Å². The lowest BCUT2D eigenvalue weighted by atomic mass is 9.88. The van der Waals surface area contributed by atoms with Crippen molar-refractivity contribution in [2.45, 2.75) is 18.5 Å². The van der Waals surface area contributed by atoms with E-state index in [0.717, 1.165) is 35.6 Å². The van der Waals surface area contributed by atoms with Crippen LogP contribution in [0.2, 0.25) is 0 Å². The Morgan fingerprint density at radius 3 is 1.83 bits per heavy atom. The van der Waals surface area contributed by atoms with E-state index in [2.05, 4.69) is 4.98 Å². The maximum absolute atomic E-state index is 14.3. The summed E-state index contributed by atoms with van der Waals surface area (Å²) >= 11 is 0.878. The molecule has 0 amide bonds. The zero-order chi connectivity index (χ0) is 21.5. The number of nitrogens with zero attached hydrogens (tertiary/aromatic N) is 1. The first-order valence-electron chi connectivity index (χ1n) is 7.89. The average molecular weight is 438 g/mol. The standard InChI is InChI=1S/C18H10F8N2S/c19-12-11(13(20)15(22)16(23)14(12)21)9(10-6-29-17(27)28-10)5-7-1-3-8(4-2-7)18(24,25)26/h1-4,6,9H,5H2,(H2,27,28). The van der Waals surface area contributed by atoms with Crippen molar-refractivity contribution < 1.29 is 35.1 Å². The van der Waals surface area contributed by atoms with Crippen molar-refractivity contribution in [1.29, 1.82) is 0 Å². The Kier molecular flexibility index (Phi) is 5.52. The van der Waals surface area contributed by atoms with Crippen LogP contribution in [-0.2, 0) is 12.6 Å². The molecule has 0 radical (unpaired) electrons. The van der Waals surface area contributed by atoms with Crippen LogP contribution in [0.5, 0.6) is 0 Å². The summed E-state index contributed by atoms with van der Waals surface area (Å²) in [6, 6.07) is 3.61. The predicted octanol–water partition coefficient (Wildman–Crippen LogP) is 5.81. The SMILES string of the molecule is Nc1nc(C(Cc2ccc(C(F)(F)F)cc2)c2c(F)c(F)c(F)c(F)c2F)cs1. The lowest BCUT2D eigenvalue weighted by Crippen LogP contribution is -2.15. The Labute approximate surface area is 162 Å². The number of aromatic nitrogens is 1. The van der Waals surface area contributed by atoms with E-state index in [1.807, 2.05) is 0 Å². The van der Waals surface area contributed by atoms with Gasteiger partial charge in [-0.15, -0.1) is 11.3 Å². The van der Waals surface area contributed by atoms with Crippen LogP contribution in [0, 0.1) is 29.1 Å². The molecule has 1 atom stereocenters. The molecule has 2 nitrogen and oxygen atoms in total. The maximum atomic E-state index is 14.3. The molecule has 0 aliphatic rings. The summed E-state index contributed by atoms with van der Waals surface area (Å²) in [5.41, 5.74) is 3.51. The number of nitrogen functional groups attached to an aromatic ring is 1. The molecule has 0 aliphatic heterocycles. The van der Waals surface area contributed by atoms with E-state index in [1.54, 1.807) is 0 Å². The summed E-state index contributed by atoms with van der Waals surface area (Å²) < 4.78 is 108. The van der Waals surface area contributed by atoms with Gasteiger partial charge in [-0.3, -0.25) is 0 Å². The van der Waals surface area contributed by atoms with Crippen LogP contribution in [0.4, 0.5) is 40.3 Å². The minimum Gasteiger partial charge on any atom is -0.375 e. The van der Waals surface area contributed by atoms with E-state index in [4.69, 9.17) is 5.73 Å². The van der Waals surface area contributed by atoms with Gasteiger partial charge in [0, 0.05) is 16.9 Å². The number of hydrogen-bond donors (Lipinski definition) is 1. The van der Waals surface area contributed by atoms with E-state index in [9.17, 15) is 35.1 Å². The molecule has 0 saturated heterocycles. The molecule has 0 bridgehead atoms. The summed E-state index contributed by atoms with van der Waals surface area (Å²) in [7, 11) is 0. The van der Waals surface area contributed by atoms with Crippen LogP contribution in [0.25, 0.3) is 0 Å². The smallest absolute Gasteiger partial charge is 0.375 e. The minimum absolute atomic E-state index is 0.0127. The topological polar surface area (TPSA) is 38.9 Å². The molecular weight excluding hydrogens is 428 g/mol.